The fraction of sp³-hybridized carbons (Fsp3) is 0.333. The number of anilines is 1. The summed E-state index contributed by atoms with van der Waals surface area (Å²) in [6, 6.07) is 5.61. The van der Waals surface area contributed by atoms with Crippen LogP contribution < -0.4 is 5.73 Å². The molecule has 0 spiro atoms. The summed E-state index contributed by atoms with van der Waals surface area (Å²) in [5.74, 6) is 1.69. The lowest BCUT2D eigenvalue weighted by Crippen LogP contribution is -2.08. The zero-order chi connectivity index (χ0) is 15.0. The van der Waals surface area contributed by atoms with E-state index in [0.717, 1.165) is 19.3 Å². The number of nitrogens with zero attached hydrogens (tertiary/aromatic N) is 2. The van der Waals surface area contributed by atoms with Crippen molar-refractivity contribution in [3.63, 3.8) is 0 Å². The summed E-state index contributed by atoms with van der Waals surface area (Å²) in [5, 5.41) is 0.663. The van der Waals surface area contributed by atoms with Gasteiger partial charge in [-0.2, -0.15) is 0 Å². The Labute approximate surface area is 151 Å². The van der Waals surface area contributed by atoms with Crippen molar-refractivity contribution >= 4 is 55.9 Å². The van der Waals surface area contributed by atoms with Gasteiger partial charge in [0.25, 0.3) is 0 Å². The summed E-state index contributed by atoms with van der Waals surface area (Å²) in [6.45, 7) is 0. The van der Waals surface area contributed by atoms with Crippen molar-refractivity contribution in [2.45, 2.75) is 31.6 Å². The van der Waals surface area contributed by atoms with Crippen LogP contribution in [0, 0.1) is 3.57 Å². The Balaban J connectivity index is 2.13. The van der Waals surface area contributed by atoms with Gasteiger partial charge in [0.2, 0.25) is 0 Å². The molecule has 0 radical (unpaired) electrons. The second kappa shape index (κ2) is 6.38. The van der Waals surface area contributed by atoms with Gasteiger partial charge in [-0.1, -0.05) is 40.4 Å². The zero-order valence-electron chi connectivity index (χ0n) is 11.2. The Hall–Kier alpha value is -0.400. The normalized spacial score (nSPS) is 15.6. The maximum Gasteiger partial charge on any atom is 0.163 e. The number of hydrogen-bond donors (Lipinski definition) is 1. The topological polar surface area (TPSA) is 51.8 Å². The smallest absolute Gasteiger partial charge is 0.163 e. The van der Waals surface area contributed by atoms with Gasteiger partial charge in [0, 0.05) is 21.0 Å². The van der Waals surface area contributed by atoms with E-state index >= 15 is 0 Å². The van der Waals surface area contributed by atoms with Crippen LogP contribution in [0.5, 0.6) is 0 Å². The van der Waals surface area contributed by atoms with Crippen LogP contribution in [0.15, 0.2) is 22.7 Å². The lowest BCUT2D eigenvalue weighted by Gasteiger charge is -2.14. The fourth-order valence-electron chi connectivity index (χ4n) is 2.74. The van der Waals surface area contributed by atoms with Crippen molar-refractivity contribution in [1.29, 1.82) is 0 Å². The number of rotatable bonds is 2. The van der Waals surface area contributed by atoms with Gasteiger partial charge in [0.15, 0.2) is 5.82 Å². The van der Waals surface area contributed by atoms with Crippen molar-refractivity contribution in [2.75, 3.05) is 5.73 Å². The minimum atomic E-state index is 0.499. The van der Waals surface area contributed by atoms with Crippen LogP contribution in [0.4, 0.5) is 5.82 Å². The van der Waals surface area contributed by atoms with E-state index < -0.39 is 0 Å². The minimum Gasteiger partial charge on any atom is -0.383 e. The molecule has 0 bridgehead atoms. The molecule has 0 aliphatic heterocycles. The maximum absolute atomic E-state index is 6.11. The number of halogens is 3. The van der Waals surface area contributed by atoms with E-state index in [4.69, 9.17) is 22.3 Å². The molecule has 2 N–H and O–H groups in total. The monoisotopic (exact) mass is 477 g/mol. The first kappa shape index (κ1) is 15.5. The second-order valence-corrected chi connectivity index (χ2v) is 7.61. The molecular formula is C15H14BrClIN3. The quantitative estimate of drug-likeness (QED) is 0.588. The summed E-state index contributed by atoms with van der Waals surface area (Å²) < 4.78 is 1.91. The van der Waals surface area contributed by atoms with Gasteiger partial charge in [-0.3, -0.25) is 0 Å². The Morgan fingerprint density at radius 3 is 2.67 bits per heavy atom. The summed E-state index contributed by atoms with van der Waals surface area (Å²) >= 11 is 11.9. The van der Waals surface area contributed by atoms with E-state index in [-0.39, 0.29) is 0 Å². The SMILES string of the molecule is Nc1nc(-c2cc(Cl)ccc2Br)nc(C2CCCC2)c1I. The first-order chi connectivity index (χ1) is 10.1. The highest BCUT2D eigenvalue weighted by atomic mass is 127. The van der Waals surface area contributed by atoms with E-state index in [1.54, 1.807) is 0 Å². The van der Waals surface area contributed by atoms with Gasteiger partial charge in [-0.05, 0) is 53.6 Å². The Bertz CT molecular complexity index is 687. The van der Waals surface area contributed by atoms with E-state index in [0.29, 0.717) is 22.6 Å². The highest BCUT2D eigenvalue weighted by Crippen LogP contribution is 2.38. The van der Waals surface area contributed by atoms with Crippen molar-refractivity contribution in [3.8, 4) is 11.4 Å². The predicted molar refractivity (Wildman–Crippen MR) is 98.5 cm³/mol. The molecule has 0 unspecified atom stereocenters. The van der Waals surface area contributed by atoms with E-state index in [9.17, 15) is 0 Å². The summed E-state index contributed by atoms with van der Waals surface area (Å²) in [5.41, 5.74) is 8.07. The molecule has 110 valence electrons. The second-order valence-electron chi connectivity index (χ2n) is 5.24. The van der Waals surface area contributed by atoms with Crippen LogP contribution in [0.3, 0.4) is 0 Å². The highest BCUT2D eigenvalue weighted by Gasteiger charge is 2.24. The third-order valence-corrected chi connectivity index (χ3v) is 5.85. The van der Waals surface area contributed by atoms with E-state index in [2.05, 4.69) is 43.5 Å². The molecule has 0 amide bonds. The molecule has 1 saturated carbocycles. The number of aromatic nitrogens is 2. The molecule has 3 nitrogen and oxygen atoms in total. The molecule has 0 atom stereocenters. The van der Waals surface area contributed by atoms with Crippen LogP contribution >= 0.6 is 50.1 Å². The molecule has 2 aromatic rings. The van der Waals surface area contributed by atoms with Gasteiger partial charge in [-0.15, -0.1) is 0 Å². The molecule has 1 aromatic heterocycles. The molecule has 1 aromatic carbocycles. The van der Waals surface area contributed by atoms with E-state index in [1.807, 2.05) is 18.2 Å². The fourth-order valence-corrected chi connectivity index (χ4v) is 4.02. The molecule has 3 rings (SSSR count). The van der Waals surface area contributed by atoms with Gasteiger partial charge in [-0.25, -0.2) is 9.97 Å². The van der Waals surface area contributed by atoms with E-state index in [1.165, 1.54) is 25.7 Å². The lowest BCUT2D eigenvalue weighted by atomic mass is 10.0. The minimum absolute atomic E-state index is 0.499. The maximum atomic E-state index is 6.11. The molecule has 21 heavy (non-hydrogen) atoms. The van der Waals surface area contributed by atoms with Crippen molar-refractivity contribution in [1.82, 2.24) is 9.97 Å². The average molecular weight is 479 g/mol. The Morgan fingerprint density at radius 1 is 1.24 bits per heavy atom. The first-order valence-corrected chi connectivity index (χ1v) is 9.09. The molecule has 1 aliphatic carbocycles. The summed E-state index contributed by atoms with van der Waals surface area (Å²) in [4.78, 5) is 9.25. The molecule has 0 saturated heterocycles. The number of nitrogen functional groups attached to an aromatic ring is 1. The van der Waals surface area contributed by atoms with Crippen molar-refractivity contribution in [3.05, 3.63) is 37.0 Å². The largest absolute Gasteiger partial charge is 0.383 e. The highest BCUT2D eigenvalue weighted by molar-refractivity contribution is 14.1. The molecule has 1 heterocycles. The zero-order valence-corrected chi connectivity index (χ0v) is 15.7. The third kappa shape index (κ3) is 3.19. The van der Waals surface area contributed by atoms with Crippen LogP contribution in [0.1, 0.15) is 37.3 Å². The number of benzene rings is 1. The lowest BCUT2D eigenvalue weighted by molar-refractivity contribution is 0.691. The molecule has 1 aliphatic rings. The van der Waals surface area contributed by atoms with Crippen molar-refractivity contribution < 1.29 is 0 Å². The van der Waals surface area contributed by atoms with Gasteiger partial charge in [0.1, 0.15) is 5.82 Å². The van der Waals surface area contributed by atoms with Gasteiger partial charge >= 0.3 is 0 Å². The Kier molecular flexibility index (Phi) is 4.71. The predicted octanol–water partition coefficient (Wildman–Crippen LogP) is 5.40. The molecular weight excluding hydrogens is 464 g/mol. The van der Waals surface area contributed by atoms with Crippen LogP contribution in [-0.4, -0.2) is 9.97 Å². The van der Waals surface area contributed by atoms with Gasteiger partial charge in [0.05, 0.1) is 9.26 Å². The standard InChI is InChI=1S/C15H14BrClIN3/c16-11-6-5-9(17)7-10(11)15-20-13(8-3-1-2-4-8)12(18)14(19)21-15/h5-8H,1-4H2,(H2,19,20,21). The average Bonchev–Trinajstić information content (AvgIpc) is 2.98. The van der Waals surface area contributed by atoms with Crippen LogP contribution in [0.25, 0.3) is 11.4 Å². The summed E-state index contributed by atoms with van der Waals surface area (Å²) in [7, 11) is 0. The number of nitrogens with two attached hydrogens (primary N) is 1. The first-order valence-electron chi connectivity index (χ1n) is 6.84. The van der Waals surface area contributed by atoms with Crippen molar-refractivity contribution in [2.24, 2.45) is 0 Å². The Morgan fingerprint density at radius 2 is 1.95 bits per heavy atom. The van der Waals surface area contributed by atoms with Crippen LogP contribution in [-0.2, 0) is 0 Å². The molecule has 6 heteroatoms. The summed E-state index contributed by atoms with van der Waals surface area (Å²) in [6.07, 6.45) is 4.90. The number of hydrogen-bond acceptors (Lipinski definition) is 3. The van der Waals surface area contributed by atoms with Crippen LogP contribution in [0.2, 0.25) is 5.02 Å². The molecule has 1 fully saturated rings. The van der Waals surface area contributed by atoms with Gasteiger partial charge < -0.3 is 5.73 Å². The third-order valence-electron chi connectivity index (χ3n) is 3.81.